The van der Waals surface area contributed by atoms with Crippen LogP contribution in [-0.4, -0.2) is 43.0 Å². The van der Waals surface area contributed by atoms with Crippen LogP contribution in [0, 0.1) is 10.8 Å². The van der Waals surface area contributed by atoms with Crippen LogP contribution >= 0.6 is 0 Å². The molecule has 0 fully saturated rings. The molecule has 0 aliphatic carbocycles. The number of alkyl halides is 3. The molecule has 8 heteroatoms. The molecular weight excluding hydrogens is 305 g/mol. The van der Waals surface area contributed by atoms with Gasteiger partial charge in [-0.05, 0) is 33.6 Å². The predicted molar refractivity (Wildman–Crippen MR) is 71.9 cm³/mol. The second-order valence-corrected chi connectivity index (χ2v) is 6.03. The van der Waals surface area contributed by atoms with Gasteiger partial charge in [-0.15, -0.1) is 0 Å². The van der Waals surface area contributed by atoms with Gasteiger partial charge in [0.15, 0.2) is 6.61 Å². The number of halogens is 3. The molecule has 0 aromatic rings. The Balaban J connectivity index is 4.91. The van der Waals surface area contributed by atoms with E-state index in [2.05, 4.69) is 4.74 Å². The monoisotopic (exact) mass is 328 g/mol. The van der Waals surface area contributed by atoms with Crippen LogP contribution in [0.1, 0.15) is 40.5 Å². The summed E-state index contributed by atoms with van der Waals surface area (Å²) < 4.78 is 45.5. The lowest BCUT2D eigenvalue weighted by molar-refractivity contribution is -0.195. The molecule has 0 aliphatic heterocycles. The highest BCUT2D eigenvalue weighted by Gasteiger charge is 2.44. The zero-order valence-corrected chi connectivity index (χ0v) is 13.2. The normalized spacial score (nSPS) is 15.1. The molecule has 0 heterocycles. The van der Waals surface area contributed by atoms with E-state index >= 15 is 0 Å². The maximum atomic E-state index is 12.1. The minimum atomic E-state index is -4.60. The maximum absolute atomic E-state index is 12.1. The summed E-state index contributed by atoms with van der Waals surface area (Å²) in [7, 11) is 0. The van der Waals surface area contributed by atoms with Crippen molar-refractivity contribution in [2.45, 2.75) is 46.7 Å². The fraction of sp³-hybridized carbons (Fsp3) is 0.857. The summed E-state index contributed by atoms with van der Waals surface area (Å²) in [4.78, 5) is 23.8. The van der Waals surface area contributed by atoms with Crippen molar-refractivity contribution >= 4 is 11.9 Å². The first-order valence-corrected chi connectivity index (χ1v) is 6.90. The van der Waals surface area contributed by atoms with E-state index in [1.54, 1.807) is 6.92 Å². The van der Waals surface area contributed by atoms with Gasteiger partial charge >= 0.3 is 18.1 Å². The molecule has 0 spiro atoms. The third kappa shape index (κ3) is 6.64. The average Bonchev–Trinajstić information content (AvgIpc) is 2.40. The van der Waals surface area contributed by atoms with Crippen molar-refractivity contribution in [2.24, 2.45) is 10.8 Å². The van der Waals surface area contributed by atoms with Gasteiger partial charge in [-0.25, -0.2) is 0 Å². The molecule has 0 aliphatic rings. The van der Waals surface area contributed by atoms with Crippen molar-refractivity contribution in [1.82, 2.24) is 0 Å². The highest BCUT2D eigenvalue weighted by molar-refractivity contribution is 5.80. The summed E-state index contributed by atoms with van der Waals surface area (Å²) in [6.07, 6.45) is -4.42. The number of aliphatic hydroxyl groups is 1. The minimum absolute atomic E-state index is 0.0303. The highest BCUT2D eigenvalue weighted by Crippen LogP contribution is 2.38. The smallest absolute Gasteiger partial charge is 0.422 e. The van der Waals surface area contributed by atoms with Crippen LogP contribution < -0.4 is 0 Å². The molecular formula is C14H23F3O5. The van der Waals surface area contributed by atoms with E-state index in [0.717, 1.165) is 0 Å². The van der Waals surface area contributed by atoms with Gasteiger partial charge in [-0.3, -0.25) is 9.59 Å². The summed E-state index contributed by atoms with van der Waals surface area (Å²) in [5.74, 6) is -1.64. The van der Waals surface area contributed by atoms with Gasteiger partial charge in [0, 0.05) is 0 Å². The standard InChI is InChI=1S/C14H23F3O5/c1-5-13(4,11(20)22-9-14(15,16)17)8-12(2,3)10(19)21-7-6-18/h18H,5-9H2,1-4H3. The van der Waals surface area contributed by atoms with Crippen LogP contribution in [0.5, 0.6) is 0 Å². The van der Waals surface area contributed by atoms with Crippen LogP contribution in [0.2, 0.25) is 0 Å². The van der Waals surface area contributed by atoms with Crippen molar-refractivity contribution in [1.29, 1.82) is 0 Å². The quantitative estimate of drug-likeness (QED) is 0.693. The first-order chi connectivity index (χ1) is 9.88. The Kier molecular flexibility index (Phi) is 7.34. The SMILES string of the molecule is CCC(C)(CC(C)(C)C(=O)OCCO)C(=O)OCC(F)(F)F. The fourth-order valence-corrected chi connectivity index (χ4v) is 2.04. The van der Waals surface area contributed by atoms with Gasteiger partial charge in [0.1, 0.15) is 6.61 Å². The number of carbonyl (C=O) groups is 2. The zero-order chi connectivity index (χ0) is 17.6. The molecule has 1 N–H and O–H groups in total. The summed E-state index contributed by atoms with van der Waals surface area (Å²) in [5, 5.41) is 8.64. The zero-order valence-electron chi connectivity index (χ0n) is 13.2. The molecule has 1 atom stereocenters. The van der Waals surface area contributed by atoms with Gasteiger partial charge in [-0.2, -0.15) is 13.2 Å². The van der Waals surface area contributed by atoms with E-state index in [4.69, 9.17) is 9.84 Å². The molecule has 0 saturated heterocycles. The molecule has 0 amide bonds. The number of hydrogen-bond donors (Lipinski definition) is 1. The summed E-state index contributed by atoms with van der Waals surface area (Å²) in [6.45, 7) is 3.97. The molecule has 0 bridgehead atoms. The number of carbonyl (C=O) groups excluding carboxylic acids is 2. The lowest BCUT2D eigenvalue weighted by Gasteiger charge is -2.33. The Hall–Kier alpha value is -1.31. The summed E-state index contributed by atoms with van der Waals surface area (Å²) in [5.41, 5.74) is -2.34. The van der Waals surface area contributed by atoms with Crippen LogP contribution in [0.15, 0.2) is 0 Å². The van der Waals surface area contributed by atoms with Crippen molar-refractivity contribution in [3.63, 3.8) is 0 Å². The Morgan fingerprint density at radius 3 is 2.00 bits per heavy atom. The average molecular weight is 328 g/mol. The van der Waals surface area contributed by atoms with E-state index in [0.29, 0.717) is 0 Å². The molecule has 130 valence electrons. The number of hydrogen-bond acceptors (Lipinski definition) is 5. The van der Waals surface area contributed by atoms with Crippen molar-refractivity contribution < 1.29 is 37.3 Å². The third-order valence-electron chi connectivity index (χ3n) is 3.35. The number of esters is 2. The maximum Gasteiger partial charge on any atom is 0.422 e. The fourth-order valence-electron chi connectivity index (χ4n) is 2.04. The van der Waals surface area contributed by atoms with Gasteiger partial charge in [0.25, 0.3) is 0 Å². The molecule has 0 rings (SSSR count). The second-order valence-electron chi connectivity index (χ2n) is 6.03. The van der Waals surface area contributed by atoms with Gasteiger partial charge in [0.05, 0.1) is 17.4 Å². The van der Waals surface area contributed by atoms with Gasteiger partial charge in [-0.1, -0.05) is 6.92 Å². The van der Waals surface area contributed by atoms with E-state index in [1.165, 1.54) is 20.8 Å². The van der Waals surface area contributed by atoms with E-state index in [1.807, 2.05) is 0 Å². The van der Waals surface area contributed by atoms with Crippen LogP contribution in [0.4, 0.5) is 13.2 Å². The number of ether oxygens (including phenoxy) is 2. The summed E-state index contributed by atoms with van der Waals surface area (Å²) >= 11 is 0. The molecule has 0 saturated carbocycles. The van der Waals surface area contributed by atoms with E-state index < -0.39 is 35.6 Å². The van der Waals surface area contributed by atoms with Crippen LogP contribution in [-0.2, 0) is 19.1 Å². The van der Waals surface area contributed by atoms with Crippen molar-refractivity contribution in [2.75, 3.05) is 19.8 Å². The first kappa shape index (κ1) is 20.7. The Morgan fingerprint density at radius 2 is 1.59 bits per heavy atom. The number of aliphatic hydroxyl groups excluding tert-OH is 1. The van der Waals surface area contributed by atoms with Crippen molar-refractivity contribution in [3.8, 4) is 0 Å². The lowest BCUT2D eigenvalue weighted by atomic mass is 9.72. The first-order valence-electron chi connectivity index (χ1n) is 6.90. The Morgan fingerprint density at radius 1 is 1.05 bits per heavy atom. The minimum Gasteiger partial charge on any atom is -0.463 e. The van der Waals surface area contributed by atoms with Gasteiger partial charge < -0.3 is 14.6 Å². The topological polar surface area (TPSA) is 72.8 Å². The molecule has 22 heavy (non-hydrogen) atoms. The molecule has 0 aromatic heterocycles. The Labute approximate surface area is 127 Å². The summed E-state index contributed by atoms with van der Waals surface area (Å²) in [6, 6.07) is 0. The number of rotatable bonds is 8. The lowest BCUT2D eigenvalue weighted by Crippen LogP contribution is -2.39. The molecule has 1 unspecified atom stereocenters. The largest absolute Gasteiger partial charge is 0.463 e. The second kappa shape index (κ2) is 7.80. The van der Waals surface area contributed by atoms with E-state index in [-0.39, 0.29) is 26.1 Å². The third-order valence-corrected chi connectivity index (χ3v) is 3.35. The molecule has 0 aromatic carbocycles. The van der Waals surface area contributed by atoms with Crippen LogP contribution in [0.25, 0.3) is 0 Å². The molecule has 5 nitrogen and oxygen atoms in total. The van der Waals surface area contributed by atoms with Crippen LogP contribution in [0.3, 0.4) is 0 Å². The predicted octanol–water partition coefficient (Wildman–Crippen LogP) is 2.46. The van der Waals surface area contributed by atoms with Crippen molar-refractivity contribution in [3.05, 3.63) is 0 Å². The highest BCUT2D eigenvalue weighted by atomic mass is 19.4. The Bertz CT molecular complexity index is 392. The van der Waals surface area contributed by atoms with Gasteiger partial charge in [0.2, 0.25) is 0 Å². The van der Waals surface area contributed by atoms with E-state index in [9.17, 15) is 22.8 Å². The molecule has 0 radical (unpaired) electrons.